The molecule has 1 aromatic carbocycles. The van der Waals surface area contributed by atoms with Gasteiger partial charge in [-0.25, -0.2) is 8.42 Å². The average Bonchev–Trinajstić information content (AvgIpc) is 3.13. The highest BCUT2D eigenvalue weighted by Crippen LogP contribution is 2.29. The predicted octanol–water partition coefficient (Wildman–Crippen LogP) is 0.991. The fourth-order valence-corrected chi connectivity index (χ4v) is 6.30. The maximum atomic E-state index is 12.3. The molecule has 3 aromatic rings. The minimum absolute atomic E-state index is 0.0679. The van der Waals surface area contributed by atoms with Gasteiger partial charge in [0.2, 0.25) is 5.16 Å². The smallest absolute Gasteiger partial charge is 0.274 e. The molecule has 1 N–H and O–H groups in total. The molecule has 3 heterocycles. The van der Waals surface area contributed by atoms with Gasteiger partial charge < -0.3 is 0 Å². The van der Waals surface area contributed by atoms with Crippen LogP contribution in [0.4, 0.5) is 0 Å². The molecule has 1 aliphatic heterocycles. The maximum absolute atomic E-state index is 12.3. The second kappa shape index (κ2) is 6.51. The van der Waals surface area contributed by atoms with Crippen molar-refractivity contribution in [1.29, 1.82) is 0 Å². The quantitative estimate of drug-likeness (QED) is 0.706. The lowest BCUT2D eigenvalue weighted by atomic mass is 10.1. The Morgan fingerprint density at radius 3 is 2.73 bits per heavy atom. The number of benzene rings is 1. The Bertz CT molecular complexity index is 1120. The molecule has 0 aliphatic carbocycles. The first kappa shape index (κ1) is 17.2. The maximum Gasteiger partial charge on any atom is 0.274 e. The molecule has 0 bridgehead atoms. The Morgan fingerprint density at radius 1 is 1.27 bits per heavy atom. The molecular formula is C16H17N5O3S2. The number of H-pyrrole nitrogens is 1. The Hall–Kier alpha value is -2.20. The Balaban J connectivity index is 1.64. The molecule has 0 radical (unpaired) electrons. The van der Waals surface area contributed by atoms with Crippen LogP contribution in [-0.4, -0.2) is 50.0 Å². The second-order valence-corrected chi connectivity index (χ2v) is 9.92. The predicted molar refractivity (Wildman–Crippen MR) is 98.3 cm³/mol. The van der Waals surface area contributed by atoms with Gasteiger partial charge in [-0.05, 0) is 18.9 Å². The Morgan fingerprint density at radius 2 is 2.04 bits per heavy atom. The molecule has 0 spiro atoms. The van der Waals surface area contributed by atoms with Crippen molar-refractivity contribution in [3.63, 3.8) is 0 Å². The normalized spacial score (nSPS) is 19.2. The standard InChI is InChI=1S/C16H17N5O3S2/c1-10-2-4-11(5-3-10)8-13-14(22)17-15-18-19-16(21(15)20-13)25-12-6-7-26(23,24)9-12/h2-5,12H,6-9H2,1H3,(H,17,18,22). The molecule has 1 unspecified atom stereocenters. The number of aryl methyl sites for hydroxylation is 1. The van der Waals surface area contributed by atoms with E-state index >= 15 is 0 Å². The lowest BCUT2D eigenvalue weighted by Gasteiger charge is -2.06. The molecule has 1 aliphatic rings. The van der Waals surface area contributed by atoms with Crippen LogP contribution in [0.25, 0.3) is 5.78 Å². The molecule has 4 rings (SSSR count). The van der Waals surface area contributed by atoms with E-state index in [-0.39, 0.29) is 28.1 Å². The van der Waals surface area contributed by atoms with Crippen LogP contribution < -0.4 is 5.56 Å². The summed E-state index contributed by atoms with van der Waals surface area (Å²) in [6.07, 6.45) is 0.979. The van der Waals surface area contributed by atoms with Crippen LogP contribution in [0.5, 0.6) is 0 Å². The third-order valence-corrected chi connectivity index (χ3v) is 7.46. The summed E-state index contributed by atoms with van der Waals surface area (Å²) >= 11 is 1.34. The van der Waals surface area contributed by atoms with Crippen molar-refractivity contribution in [1.82, 2.24) is 24.8 Å². The van der Waals surface area contributed by atoms with Gasteiger partial charge in [-0.2, -0.15) is 9.61 Å². The zero-order valence-corrected chi connectivity index (χ0v) is 15.7. The van der Waals surface area contributed by atoms with Gasteiger partial charge in [0, 0.05) is 11.7 Å². The van der Waals surface area contributed by atoms with Crippen LogP contribution >= 0.6 is 11.8 Å². The van der Waals surface area contributed by atoms with E-state index in [4.69, 9.17) is 0 Å². The molecule has 0 saturated carbocycles. The molecule has 1 atom stereocenters. The highest BCUT2D eigenvalue weighted by atomic mass is 32.2. The van der Waals surface area contributed by atoms with Crippen molar-refractivity contribution in [3.05, 3.63) is 51.4 Å². The summed E-state index contributed by atoms with van der Waals surface area (Å²) in [4.78, 5) is 14.9. The first-order valence-electron chi connectivity index (χ1n) is 8.17. The number of aromatic nitrogens is 5. The van der Waals surface area contributed by atoms with Crippen LogP contribution in [0.2, 0.25) is 0 Å². The highest BCUT2D eigenvalue weighted by molar-refractivity contribution is 8.01. The van der Waals surface area contributed by atoms with E-state index in [1.54, 1.807) is 0 Å². The van der Waals surface area contributed by atoms with Crippen LogP contribution in [-0.2, 0) is 16.3 Å². The van der Waals surface area contributed by atoms with Crippen LogP contribution in [0.3, 0.4) is 0 Å². The summed E-state index contributed by atoms with van der Waals surface area (Å²) in [5.41, 5.74) is 2.19. The summed E-state index contributed by atoms with van der Waals surface area (Å²) in [6.45, 7) is 2.00. The Labute approximate surface area is 154 Å². The number of hydrogen-bond acceptors (Lipinski definition) is 7. The number of fused-ring (bicyclic) bond motifs is 1. The van der Waals surface area contributed by atoms with Crippen molar-refractivity contribution in [2.45, 2.75) is 30.2 Å². The van der Waals surface area contributed by atoms with Crippen molar-refractivity contribution in [3.8, 4) is 0 Å². The molecule has 1 fully saturated rings. The minimum atomic E-state index is -2.97. The number of rotatable bonds is 4. The van der Waals surface area contributed by atoms with Gasteiger partial charge in [-0.15, -0.1) is 10.2 Å². The molecule has 8 nitrogen and oxygen atoms in total. The third kappa shape index (κ3) is 3.51. The molecule has 26 heavy (non-hydrogen) atoms. The van der Waals surface area contributed by atoms with Gasteiger partial charge in [0.05, 0.1) is 11.5 Å². The number of nitrogens with one attached hydrogen (secondary N) is 1. The molecule has 2 aromatic heterocycles. The van der Waals surface area contributed by atoms with E-state index in [9.17, 15) is 13.2 Å². The van der Waals surface area contributed by atoms with Gasteiger partial charge in [-0.1, -0.05) is 41.6 Å². The fourth-order valence-electron chi connectivity index (χ4n) is 2.86. The monoisotopic (exact) mass is 391 g/mol. The van der Waals surface area contributed by atoms with E-state index < -0.39 is 9.84 Å². The SMILES string of the molecule is Cc1ccc(Cc2nn3c(SC4CCS(=O)(=O)C4)nnc3[nH]c2=O)cc1. The number of hydrogen-bond donors (Lipinski definition) is 1. The third-order valence-electron chi connectivity index (χ3n) is 4.28. The van der Waals surface area contributed by atoms with Crippen LogP contribution in [0.15, 0.2) is 34.2 Å². The number of aromatic amines is 1. The second-order valence-electron chi connectivity index (χ2n) is 6.42. The molecule has 0 amide bonds. The molecule has 1 saturated heterocycles. The highest BCUT2D eigenvalue weighted by Gasteiger charge is 2.30. The minimum Gasteiger partial charge on any atom is -0.288 e. The number of sulfone groups is 1. The van der Waals surface area contributed by atoms with Gasteiger partial charge in [-0.3, -0.25) is 9.78 Å². The van der Waals surface area contributed by atoms with Crippen molar-refractivity contribution >= 4 is 27.4 Å². The van der Waals surface area contributed by atoms with Crippen LogP contribution in [0.1, 0.15) is 23.2 Å². The summed E-state index contributed by atoms with van der Waals surface area (Å²) < 4.78 is 24.8. The van der Waals surface area contributed by atoms with Gasteiger partial charge >= 0.3 is 0 Å². The summed E-state index contributed by atoms with van der Waals surface area (Å²) in [6, 6.07) is 7.91. The Kier molecular flexibility index (Phi) is 4.31. The fraction of sp³-hybridized carbons (Fsp3) is 0.375. The van der Waals surface area contributed by atoms with Gasteiger partial charge in [0.25, 0.3) is 11.3 Å². The van der Waals surface area contributed by atoms with Crippen molar-refractivity contribution in [2.75, 3.05) is 11.5 Å². The summed E-state index contributed by atoms with van der Waals surface area (Å²) in [7, 11) is -2.97. The topological polar surface area (TPSA) is 110 Å². The van der Waals surface area contributed by atoms with E-state index in [0.717, 1.165) is 11.1 Å². The van der Waals surface area contributed by atoms with Gasteiger partial charge in [0.1, 0.15) is 5.69 Å². The lowest BCUT2D eigenvalue weighted by Crippen LogP contribution is -2.19. The van der Waals surface area contributed by atoms with E-state index in [2.05, 4.69) is 20.3 Å². The first-order valence-corrected chi connectivity index (χ1v) is 10.9. The number of thioether (sulfide) groups is 1. The first-order chi connectivity index (χ1) is 12.4. The van der Waals surface area contributed by atoms with Crippen molar-refractivity contribution < 1.29 is 8.42 Å². The van der Waals surface area contributed by atoms with E-state index in [1.165, 1.54) is 16.3 Å². The molecule has 136 valence electrons. The van der Waals surface area contributed by atoms with Gasteiger partial charge in [0.15, 0.2) is 9.84 Å². The largest absolute Gasteiger partial charge is 0.288 e. The van der Waals surface area contributed by atoms with Crippen LogP contribution in [0, 0.1) is 6.92 Å². The number of nitrogens with zero attached hydrogens (tertiary/aromatic N) is 4. The zero-order valence-electron chi connectivity index (χ0n) is 14.0. The summed E-state index contributed by atoms with van der Waals surface area (Å²) in [5, 5.41) is 12.8. The van der Waals surface area contributed by atoms with E-state index in [0.29, 0.717) is 23.7 Å². The molecule has 10 heteroatoms. The average molecular weight is 391 g/mol. The molecular weight excluding hydrogens is 374 g/mol. The van der Waals surface area contributed by atoms with E-state index in [1.807, 2.05) is 31.2 Å². The lowest BCUT2D eigenvalue weighted by molar-refractivity contribution is 0.602. The zero-order chi connectivity index (χ0) is 18.3. The van der Waals surface area contributed by atoms with Crippen molar-refractivity contribution in [2.24, 2.45) is 0 Å². The summed E-state index contributed by atoms with van der Waals surface area (Å²) in [5.74, 6) is 0.585.